The molecule has 9 heteroatoms. The summed E-state index contributed by atoms with van der Waals surface area (Å²) in [4.78, 5) is 20.0. The number of hydrogen-bond donors (Lipinski definition) is 2. The molecule has 0 unspecified atom stereocenters. The van der Waals surface area contributed by atoms with Crippen molar-refractivity contribution in [2.75, 3.05) is 25.6 Å². The second kappa shape index (κ2) is 11.2. The van der Waals surface area contributed by atoms with Gasteiger partial charge in [0.2, 0.25) is 5.82 Å². The van der Waals surface area contributed by atoms with Gasteiger partial charge < -0.3 is 19.8 Å². The Morgan fingerprint density at radius 1 is 1.15 bits per heavy atom. The summed E-state index contributed by atoms with van der Waals surface area (Å²) in [7, 11) is 1.62. The Morgan fingerprint density at radius 3 is 2.82 bits per heavy atom. The first-order chi connectivity index (χ1) is 16.1. The van der Waals surface area contributed by atoms with E-state index >= 15 is 0 Å². The summed E-state index contributed by atoms with van der Waals surface area (Å²) in [6, 6.07) is 9.02. The Hall–Kier alpha value is -2.97. The zero-order valence-corrected chi connectivity index (χ0v) is 19.4. The molecule has 0 aliphatic heterocycles. The lowest BCUT2D eigenvalue weighted by Crippen LogP contribution is -2.15. The topological polar surface area (TPSA) is 102 Å². The molecule has 3 aromatic rings. The number of nitrogens with zero attached hydrogens (tertiary/aromatic N) is 3. The standard InChI is InChI=1S/C24H28ClN5O3/c1-32-11-12-33-18-7-8-20(25)19(15-18)17-9-10-26-21(14-17)28-24(31)23-27-22(29-30-23)13-16-5-3-2-4-6-16/h7-10,14-16H,2-6,11-13H2,1H3,(H,26,28,31)(H,27,29,30). The maximum Gasteiger partial charge on any atom is 0.294 e. The van der Waals surface area contributed by atoms with Gasteiger partial charge in [-0.05, 0) is 41.8 Å². The van der Waals surface area contributed by atoms with Crippen molar-refractivity contribution in [1.29, 1.82) is 0 Å². The highest BCUT2D eigenvalue weighted by Gasteiger charge is 2.18. The molecule has 1 amide bonds. The van der Waals surface area contributed by atoms with E-state index in [0.717, 1.165) is 23.4 Å². The fourth-order valence-electron chi connectivity index (χ4n) is 4.06. The van der Waals surface area contributed by atoms with Gasteiger partial charge in [-0.25, -0.2) is 4.98 Å². The molecule has 0 radical (unpaired) electrons. The third kappa shape index (κ3) is 6.30. The van der Waals surface area contributed by atoms with Crippen molar-refractivity contribution in [3.63, 3.8) is 0 Å². The van der Waals surface area contributed by atoms with E-state index in [0.29, 0.717) is 35.7 Å². The minimum Gasteiger partial charge on any atom is -0.491 e. The molecule has 1 aromatic carbocycles. The van der Waals surface area contributed by atoms with Gasteiger partial charge in [0.15, 0.2) is 0 Å². The van der Waals surface area contributed by atoms with Crippen LogP contribution < -0.4 is 10.1 Å². The zero-order valence-electron chi connectivity index (χ0n) is 18.6. The molecule has 2 aromatic heterocycles. The second-order valence-corrected chi connectivity index (χ2v) is 8.60. The smallest absolute Gasteiger partial charge is 0.294 e. The largest absolute Gasteiger partial charge is 0.491 e. The summed E-state index contributed by atoms with van der Waals surface area (Å²) in [6.45, 7) is 0.933. The number of carbonyl (C=O) groups excluding carboxylic acids is 1. The molecule has 0 atom stereocenters. The number of aromatic nitrogens is 4. The van der Waals surface area contributed by atoms with Crippen molar-refractivity contribution in [1.82, 2.24) is 20.2 Å². The van der Waals surface area contributed by atoms with Crippen LogP contribution in [0.4, 0.5) is 5.82 Å². The van der Waals surface area contributed by atoms with Crippen LogP contribution in [0.2, 0.25) is 5.02 Å². The van der Waals surface area contributed by atoms with Crippen LogP contribution >= 0.6 is 11.6 Å². The maximum absolute atomic E-state index is 12.7. The van der Waals surface area contributed by atoms with Crippen LogP contribution in [0, 0.1) is 5.92 Å². The highest BCUT2D eigenvalue weighted by Crippen LogP contribution is 2.32. The van der Waals surface area contributed by atoms with Crippen molar-refractivity contribution in [2.24, 2.45) is 5.92 Å². The summed E-state index contributed by atoms with van der Waals surface area (Å²) in [5.74, 6) is 2.24. The van der Waals surface area contributed by atoms with Crippen LogP contribution in [0.15, 0.2) is 36.5 Å². The lowest BCUT2D eigenvalue weighted by molar-refractivity contribution is 0.101. The number of halogens is 1. The Morgan fingerprint density at radius 2 is 2.00 bits per heavy atom. The summed E-state index contributed by atoms with van der Waals surface area (Å²) in [6.07, 6.45) is 8.70. The fraction of sp³-hybridized carbons (Fsp3) is 0.417. The van der Waals surface area contributed by atoms with E-state index in [1.165, 1.54) is 32.1 Å². The number of amides is 1. The number of nitrogens with one attached hydrogen (secondary N) is 2. The summed E-state index contributed by atoms with van der Waals surface area (Å²) in [5.41, 5.74) is 1.58. The van der Waals surface area contributed by atoms with Crippen LogP contribution in [0.3, 0.4) is 0 Å². The SMILES string of the molecule is COCCOc1ccc(Cl)c(-c2ccnc(NC(=O)c3nnc(CC4CCCCC4)[nH]3)c2)c1. The van der Waals surface area contributed by atoms with Gasteiger partial charge in [0.1, 0.15) is 24.0 Å². The van der Waals surface area contributed by atoms with Gasteiger partial charge in [0.05, 0.1) is 6.61 Å². The molecular formula is C24H28ClN5O3. The average Bonchev–Trinajstić information content (AvgIpc) is 3.30. The van der Waals surface area contributed by atoms with Crippen LogP contribution in [0.5, 0.6) is 5.75 Å². The number of methoxy groups -OCH3 is 1. The molecule has 2 heterocycles. The van der Waals surface area contributed by atoms with E-state index in [1.54, 1.807) is 31.5 Å². The fourth-order valence-corrected chi connectivity index (χ4v) is 4.28. The first-order valence-corrected chi connectivity index (χ1v) is 11.6. The zero-order chi connectivity index (χ0) is 23.0. The number of benzene rings is 1. The van der Waals surface area contributed by atoms with Gasteiger partial charge in [-0.1, -0.05) is 43.7 Å². The predicted molar refractivity (Wildman–Crippen MR) is 127 cm³/mol. The quantitative estimate of drug-likeness (QED) is 0.431. The first kappa shape index (κ1) is 23.2. The molecular weight excluding hydrogens is 442 g/mol. The highest BCUT2D eigenvalue weighted by molar-refractivity contribution is 6.33. The van der Waals surface area contributed by atoms with Crippen molar-refractivity contribution >= 4 is 23.3 Å². The number of anilines is 1. The minimum absolute atomic E-state index is 0.180. The van der Waals surface area contributed by atoms with E-state index in [1.807, 2.05) is 12.1 Å². The summed E-state index contributed by atoms with van der Waals surface area (Å²) >= 11 is 6.42. The molecule has 8 nitrogen and oxygen atoms in total. The lowest BCUT2D eigenvalue weighted by atomic mass is 9.87. The number of H-pyrrole nitrogens is 1. The van der Waals surface area contributed by atoms with Gasteiger partial charge in [-0.2, -0.15) is 0 Å². The molecule has 1 fully saturated rings. The number of aromatic amines is 1. The van der Waals surface area contributed by atoms with E-state index in [2.05, 4.69) is 25.5 Å². The van der Waals surface area contributed by atoms with Gasteiger partial charge in [-0.15, -0.1) is 10.2 Å². The van der Waals surface area contributed by atoms with Gasteiger partial charge in [0, 0.05) is 30.3 Å². The number of pyridine rings is 1. The Kier molecular flexibility index (Phi) is 7.91. The normalized spacial score (nSPS) is 14.2. The van der Waals surface area contributed by atoms with Crippen LogP contribution in [0.1, 0.15) is 48.5 Å². The Labute approximate surface area is 198 Å². The van der Waals surface area contributed by atoms with Gasteiger partial charge >= 0.3 is 0 Å². The molecule has 174 valence electrons. The second-order valence-electron chi connectivity index (χ2n) is 8.20. The molecule has 1 aliphatic rings. The number of rotatable bonds is 9. The average molecular weight is 470 g/mol. The monoisotopic (exact) mass is 469 g/mol. The number of ether oxygens (including phenoxy) is 2. The first-order valence-electron chi connectivity index (χ1n) is 11.2. The van der Waals surface area contributed by atoms with E-state index in [-0.39, 0.29) is 11.7 Å². The molecule has 2 N–H and O–H groups in total. The summed E-state index contributed by atoms with van der Waals surface area (Å²) < 4.78 is 10.7. The van der Waals surface area contributed by atoms with Gasteiger partial charge in [0.25, 0.3) is 5.91 Å². The highest BCUT2D eigenvalue weighted by atomic mass is 35.5. The number of carbonyl (C=O) groups is 1. The molecule has 4 rings (SSSR count). The maximum atomic E-state index is 12.7. The third-order valence-electron chi connectivity index (χ3n) is 5.76. The molecule has 33 heavy (non-hydrogen) atoms. The molecule has 0 bridgehead atoms. The van der Waals surface area contributed by atoms with Crippen LogP contribution in [-0.2, 0) is 11.2 Å². The molecule has 0 saturated heterocycles. The van der Waals surface area contributed by atoms with Crippen LogP contribution in [-0.4, -0.2) is 46.4 Å². The van der Waals surface area contributed by atoms with Crippen molar-refractivity contribution in [3.8, 4) is 16.9 Å². The Bertz CT molecular complexity index is 1080. The Balaban J connectivity index is 1.43. The lowest BCUT2D eigenvalue weighted by Gasteiger charge is -2.19. The molecule has 1 aliphatic carbocycles. The van der Waals surface area contributed by atoms with Gasteiger partial charge in [-0.3, -0.25) is 4.79 Å². The van der Waals surface area contributed by atoms with Crippen molar-refractivity contribution in [3.05, 3.63) is 53.2 Å². The third-order valence-corrected chi connectivity index (χ3v) is 6.09. The van der Waals surface area contributed by atoms with Crippen molar-refractivity contribution in [2.45, 2.75) is 38.5 Å². The van der Waals surface area contributed by atoms with E-state index in [9.17, 15) is 4.79 Å². The van der Waals surface area contributed by atoms with Crippen LogP contribution in [0.25, 0.3) is 11.1 Å². The number of hydrogen-bond acceptors (Lipinski definition) is 6. The summed E-state index contributed by atoms with van der Waals surface area (Å²) in [5, 5.41) is 11.5. The van der Waals surface area contributed by atoms with E-state index < -0.39 is 0 Å². The van der Waals surface area contributed by atoms with Crippen molar-refractivity contribution < 1.29 is 14.3 Å². The van der Waals surface area contributed by atoms with E-state index in [4.69, 9.17) is 21.1 Å². The molecule has 1 saturated carbocycles. The molecule has 0 spiro atoms. The predicted octanol–water partition coefficient (Wildman–Crippen LogP) is 4.92. The minimum atomic E-state index is -0.384.